The van der Waals surface area contributed by atoms with Crippen molar-refractivity contribution in [2.45, 2.75) is 37.6 Å². The average Bonchev–Trinajstić information content (AvgIpc) is 2.61. The highest BCUT2D eigenvalue weighted by Crippen LogP contribution is 2.42. The Labute approximate surface area is 154 Å². The number of fused-ring (bicyclic) bond motifs is 1. The van der Waals surface area contributed by atoms with Crippen LogP contribution in [-0.2, 0) is 0 Å². The van der Waals surface area contributed by atoms with Crippen molar-refractivity contribution in [2.75, 3.05) is 13.1 Å². The van der Waals surface area contributed by atoms with Gasteiger partial charge in [-0.25, -0.2) is 0 Å². The highest BCUT2D eigenvalue weighted by Gasteiger charge is 2.27. The van der Waals surface area contributed by atoms with Crippen molar-refractivity contribution in [1.82, 2.24) is 5.32 Å². The van der Waals surface area contributed by atoms with Gasteiger partial charge in [0.05, 0.1) is 10.0 Å². The molecule has 0 spiro atoms. The fourth-order valence-corrected chi connectivity index (χ4v) is 3.93. The van der Waals surface area contributed by atoms with Crippen molar-refractivity contribution in [3.63, 3.8) is 0 Å². The molecule has 0 aromatic heterocycles. The molecule has 0 heterocycles. The first-order chi connectivity index (χ1) is 11.7. The molecule has 0 saturated heterocycles. The van der Waals surface area contributed by atoms with E-state index in [9.17, 15) is 0 Å². The summed E-state index contributed by atoms with van der Waals surface area (Å²) in [6.07, 6.45) is 4.45. The Morgan fingerprint density at radius 2 is 1.75 bits per heavy atom. The van der Waals surface area contributed by atoms with E-state index in [1.54, 1.807) is 0 Å². The molecule has 2 aromatic carbocycles. The van der Waals surface area contributed by atoms with E-state index < -0.39 is 0 Å². The quantitative estimate of drug-likeness (QED) is 0.685. The third kappa shape index (κ3) is 3.94. The summed E-state index contributed by atoms with van der Waals surface area (Å²) in [5.74, 6) is 0.387. The van der Waals surface area contributed by atoms with Gasteiger partial charge in [0.1, 0.15) is 0 Å². The monoisotopic (exact) mass is 362 g/mol. The van der Waals surface area contributed by atoms with E-state index >= 15 is 0 Å². The van der Waals surface area contributed by atoms with Crippen LogP contribution in [-0.4, -0.2) is 13.1 Å². The predicted molar refractivity (Wildman–Crippen MR) is 103 cm³/mol. The number of hydrogen-bond donors (Lipinski definition) is 2. The standard InChI is InChI=1S/C20H24Cl2N2/c21-18-9-7-14(13-19(18)22)15-8-10-20(24-12-4-3-11-23)17-6-2-1-5-16(15)17/h1-2,5-7,9,13,15,20,24H,3-4,8,10-12,23H2/t15-,20+/m0/s1. The Morgan fingerprint density at radius 3 is 2.50 bits per heavy atom. The molecule has 2 nitrogen and oxygen atoms in total. The Kier molecular flexibility index (Phi) is 6.18. The number of unbranched alkanes of at least 4 members (excludes halogenated alkanes) is 1. The SMILES string of the molecule is NCCCCN[C@@H]1CC[C@@H](c2ccc(Cl)c(Cl)c2)c2ccccc21. The van der Waals surface area contributed by atoms with Gasteiger partial charge in [0, 0.05) is 12.0 Å². The molecule has 0 unspecified atom stereocenters. The van der Waals surface area contributed by atoms with Crippen molar-refractivity contribution in [3.05, 3.63) is 69.2 Å². The second kappa shape index (κ2) is 8.35. The normalized spacial score (nSPS) is 20.0. The minimum Gasteiger partial charge on any atom is -0.330 e. The van der Waals surface area contributed by atoms with Crippen LogP contribution in [0, 0.1) is 0 Å². The number of benzene rings is 2. The van der Waals surface area contributed by atoms with Crippen LogP contribution in [0.2, 0.25) is 10.0 Å². The molecular weight excluding hydrogens is 339 g/mol. The number of hydrogen-bond acceptors (Lipinski definition) is 2. The summed E-state index contributed by atoms with van der Waals surface area (Å²) in [5.41, 5.74) is 9.64. The number of rotatable bonds is 6. The molecule has 2 aromatic rings. The van der Waals surface area contributed by atoms with Crippen molar-refractivity contribution in [1.29, 1.82) is 0 Å². The fourth-order valence-electron chi connectivity index (χ4n) is 3.62. The molecule has 1 aliphatic rings. The predicted octanol–water partition coefficient (Wildman–Crippen LogP) is 5.29. The summed E-state index contributed by atoms with van der Waals surface area (Å²) in [5, 5.41) is 4.95. The van der Waals surface area contributed by atoms with Crippen molar-refractivity contribution < 1.29 is 0 Å². The summed E-state index contributed by atoms with van der Waals surface area (Å²) >= 11 is 12.3. The molecule has 2 atom stereocenters. The highest BCUT2D eigenvalue weighted by atomic mass is 35.5. The average molecular weight is 363 g/mol. The van der Waals surface area contributed by atoms with Gasteiger partial charge in [-0.3, -0.25) is 0 Å². The fraction of sp³-hybridized carbons (Fsp3) is 0.400. The Morgan fingerprint density at radius 1 is 0.958 bits per heavy atom. The molecule has 24 heavy (non-hydrogen) atoms. The second-order valence-corrected chi connectivity index (χ2v) is 7.25. The van der Waals surface area contributed by atoms with Crippen LogP contribution in [0.15, 0.2) is 42.5 Å². The molecule has 0 fully saturated rings. The summed E-state index contributed by atoms with van der Waals surface area (Å²) in [7, 11) is 0. The van der Waals surface area contributed by atoms with E-state index in [2.05, 4.69) is 35.6 Å². The lowest BCUT2D eigenvalue weighted by Crippen LogP contribution is -2.28. The molecule has 0 bridgehead atoms. The number of nitrogens with two attached hydrogens (primary N) is 1. The van der Waals surface area contributed by atoms with E-state index in [-0.39, 0.29) is 0 Å². The molecule has 1 aliphatic carbocycles. The van der Waals surface area contributed by atoms with Gasteiger partial charge in [-0.2, -0.15) is 0 Å². The van der Waals surface area contributed by atoms with E-state index in [0.717, 1.165) is 38.8 Å². The Hall–Kier alpha value is -1.06. The molecule has 128 valence electrons. The smallest absolute Gasteiger partial charge is 0.0595 e. The highest BCUT2D eigenvalue weighted by molar-refractivity contribution is 6.42. The molecule has 0 saturated carbocycles. The first-order valence-corrected chi connectivity index (χ1v) is 9.43. The van der Waals surface area contributed by atoms with Crippen LogP contribution in [0.3, 0.4) is 0 Å². The zero-order valence-electron chi connectivity index (χ0n) is 13.8. The maximum absolute atomic E-state index is 6.23. The molecule has 0 aliphatic heterocycles. The molecule has 0 radical (unpaired) electrons. The van der Waals surface area contributed by atoms with E-state index in [1.165, 1.54) is 16.7 Å². The third-order valence-electron chi connectivity index (χ3n) is 4.86. The topological polar surface area (TPSA) is 38.0 Å². The number of halogens is 2. The summed E-state index contributed by atoms with van der Waals surface area (Å²) in [6.45, 7) is 1.79. The zero-order valence-corrected chi connectivity index (χ0v) is 15.3. The zero-order chi connectivity index (χ0) is 16.9. The van der Waals surface area contributed by atoms with Crippen molar-refractivity contribution in [2.24, 2.45) is 5.73 Å². The van der Waals surface area contributed by atoms with Gasteiger partial charge >= 0.3 is 0 Å². The van der Waals surface area contributed by atoms with Gasteiger partial charge in [0.15, 0.2) is 0 Å². The molecule has 3 rings (SSSR count). The summed E-state index contributed by atoms with van der Waals surface area (Å²) < 4.78 is 0. The van der Waals surface area contributed by atoms with Gasteiger partial charge in [0.2, 0.25) is 0 Å². The van der Waals surface area contributed by atoms with Gasteiger partial charge in [-0.1, -0.05) is 53.5 Å². The Balaban J connectivity index is 1.82. The molecule has 4 heteroatoms. The number of nitrogens with one attached hydrogen (secondary N) is 1. The molecule has 3 N–H and O–H groups in total. The van der Waals surface area contributed by atoms with E-state index in [1.807, 2.05) is 12.1 Å². The van der Waals surface area contributed by atoms with E-state index in [0.29, 0.717) is 22.0 Å². The third-order valence-corrected chi connectivity index (χ3v) is 5.60. The first-order valence-electron chi connectivity index (χ1n) is 8.68. The lowest BCUT2D eigenvalue weighted by atomic mass is 9.77. The maximum atomic E-state index is 6.23. The first kappa shape index (κ1) is 17.8. The van der Waals surface area contributed by atoms with Crippen LogP contribution in [0.1, 0.15) is 54.3 Å². The van der Waals surface area contributed by atoms with Crippen LogP contribution in [0.25, 0.3) is 0 Å². The Bertz CT molecular complexity index is 687. The van der Waals surface area contributed by atoms with Gasteiger partial charge in [-0.05, 0) is 67.6 Å². The van der Waals surface area contributed by atoms with Crippen LogP contribution < -0.4 is 11.1 Å². The molecule has 0 amide bonds. The summed E-state index contributed by atoms with van der Waals surface area (Å²) in [6, 6.07) is 15.2. The lowest BCUT2D eigenvalue weighted by molar-refractivity contribution is 0.435. The van der Waals surface area contributed by atoms with Crippen LogP contribution in [0.5, 0.6) is 0 Å². The van der Waals surface area contributed by atoms with Crippen LogP contribution in [0.4, 0.5) is 0 Å². The lowest BCUT2D eigenvalue weighted by Gasteiger charge is -2.32. The minimum absolute atomic E-state index is 0.387. The van der Waals surface area contributed by atoms with Gasteiger partial charge < -0.3 is 11.1 Å². The van der Waals surface area contributed by atoms with Crippen LogP contribution >= 0.6 is 23.2 Å². The van der Waals surface area contributed by atoms with E-state index in [4.69, 9.17) is 28.9 Å². The minimum atomic E-state index is 0.387. The largest absolute Gasteiger partial charge is 0.330 e. The van der Waals surface area contributed by atoms with Crippen molar-refractivity contribution >= 4 is 23.2 Å². The van der Waals surface area contributed by atoms with Crippen molar-refractivity contribution in [3.8, 4) is 0 Å². The van der Waals surface area contributed by atoms with Gasteiger partial charge in [-0.15, -0.1) is 0 Å². The van der Waals surface area contributed by atoms with Gasteiger partial charge in [0.25, 0.3) is 0 Å². The summed E-state index contributed by atoms with van der Waals surface area (Å²) in [4.78, 5) is 0. The molecular formula is C20H24Cl2N2. The maximum Gasteiger partial charge on any atom is 0.0595 e. The second-order valence-electron chi connectivity index (χ2n) is 6.43.